The molecule has 1 aromatic heterocycles. The van der Waals surface area contributed by atoms with Gasteiger partial charge in [0.2, 0.25) is 5.91 Å². The summed E-state index contributed by atoms with van der Waals surface area (Å²) in [5, 5.41) is 16.4. The van der Waals surface area contributed by atoms with Crippen LogP contribution < -0.4 is 15.4 Å². The Balaban J connectivity index is 1.39. The van der Waals surface area contributed by atoms with Gasteiger partial charge in [-0.05, 0) is 66.3 Å². The molecule has 2 amide bonds. The number of aromatic hydroxyl groups is 1. The third kappa shape index (κ3) is 4.92. The molecule has 1 saturated carbocycles. The second-order valence-corrected chi connectivity index (χ2v) is 10.8. The molecule has 40 heavy (non-hydrogen) atoms. The monoisotopic (exact) mass is 537 g/mol. The first kappa shape index (κ1) is 26.0. The van der Waals surface area contributed by atoms with Gasteiger partial charge in [-0.3, -0.25) is 9.59 Å². The van der Waals surface area contributed by atoms with E-state index in [1.54, 1.807) is 31.3 Å². The lowest BCUT2D eigenvalue weighted by Crippen LogP contribution is -2.47. The molecule has 1 atom stereocenters. The zero-order valence-electron chi connectivity index (χ0n) is 22.8. The fourth-order valence-corrected chi connectivity index (χ4v) is 6.37. The molecule has 7 nitrogen and oxygen atoms in total. The molecule has 3 aromatic carbocycles. The lowest BCUT2D eigenvalue weighted by molar-refractivity contribution is -0.122. The number of nitrogens with one attached hydrogen (secondary N) is 2. The number of rotatable bonds is 6. The molecule has 1 fully saturated rings. The van der Waals surface area contributed by atoms with E-state index < -0.39 is 6.04 Å². The van der Waals surface area contributed by atoms with E-state index in [0.29, 0.717) is 31.1 Å². The van der Waals surface area contributed by atoms with Crippen molar-refractivity contribution in [2.45, 2.75) is 57.0 Å². The van der Waals surface area contributed by atoms with Crippen LogP contribution in [0.5, 0.6) is 11.5 Å². The topological polar surface area (TPSA) is 92.6 Å². The maximum Gasteiger partial charge on any atom is 0.252 e. The van der Waals surface area contributed by atoms with Gasteiger partial charge in [-0.1, -0.05) is 49.6 Å². The molecule has 2 heterocycles. The van der Waals surface area contributed by atoms with Crippen LogP contribution in [0.15, 0.2) is 66.7 Å². The van der Waals surface area contributed by atoms with Crippen molar-refractivity contribution in [3.05, 3.63) is 83.4 Å². The van der Waals surface area contributed by atoms with Crippen molar-refractivity contribution in [1.29, 1.82) is 0 Å². The van der Waals surface area contributed by atoms with Crippen molar-refractivity contribution in [3.8, 4) is 22.8 Å². The number of benzene rings is 3. The summed E-state index contributed by atoms with van der Waals surface area (Å²) in [5.74, 6) is 0.967. The molecule has 0 saturated heterocycles. The smallest absolute Gasteiger partial charge is 0.252 e. The van der Waals surface area contributed by atoms with Crippen LogP contribution in [0.2, 0.25) is 0 Å². The molecule has 0 spiro atoms. The summed E-state index contributed by atoms with van der Waals surface area (Å²) in [7, 11) is 1.56. The highest BCUT2D eigenvalue weighted by molar-refractivity contribution is 6.02. The third-order valence-corrected chi connectivity index (χ3v) is 8.34. The highest BCUT2D eigenvalue weighted by Gasteiger charge is 2.30. The first-order valence-electron chi connectivity index (χ1n) is 14.2. The van der Waals surface area contributed by atoms with Crippen molar-refractivity contribution < 1.29 is 19.4 Å². The molecule has 4 aromatic rings. The van der Waals surface area contributed by atoms with E-state index in [-0.39, 0.29) is 17.6 Å². The predicted octanol–water partition coefficient (Wildman–Crippen LogP) is 5.54. The Kier molecular flexibility index (Phi) is 7.20. The van der Waals surface area contributed by atoms with E-state index in [2.05, 4.69) is 33.4 Å². The first-order chi connectivity index (χ1) is 19.5. The number of phenols is 1. The summed E-state index contributed by atoms with van der Waals surface area (Å²) in [4.78, 5) is 26.2. The first-order valence-corrected chi connectivity index (χ1v) is 14.2. The highest BCUT2D eigenvalue weighted by atomic mass is 16.5. The van der Waals surface area contributed by atoms with Gasteiger partial charge in [-0.25, -0.2) is 0 Å². The van der Waals surface area contributed by atoms with Crippen LogP contribution in [0, 0.1) is 0 Å². The van der Waals surface area contributed by atoms with Crippen molar-refractivity contribution in [2.24, 2.45) is 0 Å². The molecule has 2 aliphatic rings. The molecule has 6 rings (SSSR count). The van der Waals surface area contributed by atoms with Crippen LogP contribution in [-0.4, -0.2) is 41.2 Å². The van der Waals surface area contributed by atoms with Crippen molar-refractivity contribution >= 4 is 22.7 Å². The zero-order chi connectivity index (χ0) is 27.6. The number of hydrogen-bond donors (Lipinski definition) is 3. The van der Waals surface area contributed by atoms with E-state index in [9.17, 15) is 14.7 Å². The second kappa shape index (κ2) is 11.1. The molecule has 7 heteroatoms. The number of aromatic nitrogens is 1. The van der Waals surface area contributed by atoms with Crippen LogP contribution in [-0.2, 0) is 17.8 Å². The summed E-state index contributed by atoms with van der Waals surface area (Å²) in [6.07, 6.45) is 6.40. The van der Waals surface area contributed by atoms with Gasteiger partial charge in [0.1, 0.15) is 24.1 Å². The van der Waals surface area contributed by atoms with Crippen molar-refractivity contribution in [3.63, 3.8) is 0 Å². The summed E-state index contributed by atoms with van der Waals surface area (Å²) >= 11 is 0. The Labute approximate surface area is 234 Å². The van der Waals surface area contributed by atoms with Gasteiger partial charge in [-0.15, -0.1) is 0 Å². The average Bonchev–Trinajstić information content (AvgIpc) is 3.18. The molecular formula is C33H35N3O4. The number of likely N-dealkylation sites (N-methyl/N-ethyl adjacent to an activating group) is 1. The molecular weight excluding hydrogens is 502 g/mol. The Bertz CT molecular complexity index is 1550. The van der Waals surface area contributed by atoms with Crippen molar-refractivity contribution in [2.75, 3.05) is 13.7 Å². The lowest BCUT2D eigenvalue weighted by atomic mass is 9.81. The second-order valence-electron chi connectivity index (χ2n) is 10.8. The van der Waals surface area contributed by atoms with Crippen LogP contribution in [0.3, 0.4) is 0 Å². The van der Waals surface area contributed by atoms with Gasteiger partial charge in [0.05, 0.1) is 12.2 Å². The van der Waals surface area contributed by atoms with Crippen LogP contribution in [0.25, 0.3) is 22.2 Å². The molecule has 3 N–H and O–H groups in total. The molecule has 0 bridgehead atoms. The Morgan fingerprint density at radius 3 is 2.58 bits per heavy atom. The van der Waals surface area contributed by atoms with E-state index in [1.807, 2.05) is 24.3 Å². The Morgan fingerprint density at radius 1 is 1.02 bits per heavy atom. The maximum atomic E-state index is 13.5. The van der Waals surface area contributed by atoms with Crippen molar-refractivity contribution in [1.82, 2.24) is 15.2 Å². The highest BCUT2D eigenvalue weighted by Crippen LogP contribution is 2.47. The van der Waals surface area contributed by atoms with Gasteiger partial charge in [-0.2, -0.15) is 0 Å². The lowest BCUT2D eigenvalue weighted by Gasteiger charge is -2.23. The van der Waals surface area contributed by atoms with Gasteiger partial charge in [0.15, 0.2) is 0 Å². The van der Waals surface area contributed by atoms with Gasteiger partial charge in [0, 0.05) is 35.5 Å². The normalized spacial score (nSPS) is 15.8. The Morgan fingerprint density at radius 2 is 1.80 bits per heavy atom. The number of hydrogen-bond acceptors (Lipinski definition) is 4. The summed E-state index contributed by atoms with van der Waals surface area (Å²) in [6.45, 7) is 1.25. The maximum absolute atomic E-state index is 13.5. The molecule has 0 unspecified atom stereocenters. The minimum atomic E-state index is -0.750. The summed E-state index contributed by atoms with van der Waals surface area (Å²) < 4.78 is 8.48. The zero-order valence-corrected chi connectivity index (χ0v) is 22.8. The number of phenolic OH excluding ortho intramolecular Hbond substituents is 1. The van der Waals surface area contributed by atoms with Crippen LogP contribution >= 0.6 is 0 Å². The average molecular weight is 538 g/mol. The summed E-state index contributed by atoms with van der Waals surface area (Å²) in [6, 6.07) is 20.1. The Hall–Kier alpha value is -4.26. The molecule has 1 aliphatic heterocycles. The number of carbonyl (C=O) groups is 2. The third-order valence-electron chi connectivity index (χ3n) is 8.34. The fraction of sp³-hybridized carbons (Fsp3) is 0.333. The summed E-state index contributed by atoms with van der Waals surface area (Å²) in [5.41, 5.74) is 6.07. The number of nitrogens with zero attached hydrogens (tertiary/aromatic N) is 1. The fourth-order valence-electron chi connectivity index (χ4n) is 6.37. The quantitative estimate of drug-likeness (QED) is 0.301. The van der Waals surface area contributed by atoms with Crippen LogP contribution in [0.4, 0.5) is 0 Å². The number of ether oxygens (including phenoxy) is 1. The molecule has 206 valence electrons. The molecule has 0 radical (unpaired) electrons. The largest absolute Gasteiger partial charge is 0.508 e. The minimum Gasteiger partial charge on any atom is -0.508 e. The van der Waals surface area contributed by atoms with E-state index in [1.165, 1.54) is 48.7 Å². The number of para-hydroxylation sites is 1. The van der Waals surface area contributed by atoms with E-state index in [4.69, 9.17) is 4.74 Å². The van der Waals surface area contributed by atoms with Crippen LogP contribution in [0.1, 0.15) is 59.5 Å². The molecule has 1 aliphatic carbocycles. The SMILES string of the molecule is CNC(=O)[C@H](Cc1ccc(O)cc1)NC(=O)c1ccc2c(C3CCCCC3)c3n(c2c1)CCOc1ccccc1-3. The van der Waals surface area contributed by atoms with E-state index in [0.717, 1.165) is 22.4 Å². The standard InChI is InChI=1S/C33H35N3O4/c1-34-33(39)27(19-21-11-14-24(37)15-12-21)35-32(38)23-13-16-25-28(20-23)36-17-18-40-29-10-6-5-9-26(29)31(36)30(25)22-7-3-2-4-8-22/h5-6,9-16,20,22,27,37H,2-4,7-8,17-19H2,1H3,(H,34,39)(H,35,38)/t27-/m0/s1. The minimum absolute atomic E-state index is 0.157. The number of amides is 2. The predicted molar refractivity (Wildman–Crippen MR) is 156 cm³/mol. The number of fused-ring (bicyclic) bond motifs is 5. The van der Waals surface area contributed by atoms with Gasteiger partial charge < -0.3 is 25.0 Å². The number of carbonyl (C=O) groups excluding carboxylic acids is 2. The van der Waals surface area contributed by atoms with Gasteiger partial charge >= 0.3 is 0 Å². The van der Waals surface area contributed by atoms with E-state index >= 15 is 0 Å². The van der Waals surface area contributed by atoms with Gasteiger partial charge in [0.25, 0.3) is 5.91 Å².